The molecule has 0 spiro atoms. The Morgan fingerprint density at radius 2 is 1.86 bits per heavy atom. The molecule has 1 aliphatic carbocycles. The Morgan fingerprint density at radius 3 is 2.66 bits per heavy atom. The molecule has 11 heteroatoms. The van der Waals surface area contributed by atoms with Crippen LogP contribution in [-0.4, -0.2) is 31.3 Å². The minimum atomic E-state index is -4.52. The van der Waals surface area contributed by atoms with E-state index in [1.807, 2.05) is 30.3 Å². The molecule has 0 bridgehead atoms. The molecule has 182 valence electrons. The normalized spacial score (nSPS) is 18.6. The van der Waals surface area contributed by atoms with E-state index in [1.165, 1.54) is 0 Å². The molecule has 0 aliphatic heterocycles. The number of hydrogen-bond acceptors (Lipinski definition) is 7. The van der Waals surface area contributed by atoms with E-state index in [0.29, 0.717) is 18.1 Å². The molecule has 1 fully saturated rings. The van der Waals surface area contributed by atoms with Crippen LogP contribution in [0.25, 0.3) is 11.0 Å². The fourth-order valence-electron chi connectivity index (χ4n) is 4.30. The molecule has 1 aromatic carbocycles. The molecule has 0 amide bonds. The Bertz CT molecular complexity index is 1310. The van der Waals surface area contributed by atoms with Gasteiger partial charge in [0.25, 0.3) is 5.88 Å². The SMILES string of the molecule is Nc1nc(C2CCCC[C@H]2OCc2ccccc2)nc2[nH]nc(Oc3cc(C(F)(F)F)ccn3)c12. The number of ether oxygens (including phenoxy) is 2. The third kappa shape index (κ3) is 5.04. The first-order chi connectivity index (χ1) is 16.9. The number of fused-ring (bicyclic) bond motifs is 1. The number of anilines is 1. The van der Waals surface area contributed by atoms with Gasteiger partial charge in [-0.3, -0.25) is 5.10 Å². The van der Waals surface area contributed by atoms with E-state index in [4.69, 9.17) is 15.2 Å². The van der Waals surface area contributed by atoms with Crippen molar-refractivity contribution < 1.29 is 22.6 Å². The first kappa shape index (κ1) is 23.0. The van der Waals surface area contributed by atoms with Gasteiger partial charge in [0.1, 0.15) is 17.0 Å². The Hall–Kier alpha value is -3.73. The predicted octanol–water partition coefficient (Wildman–Crippen LogP) is 5.38. The third-order valence-corrected chi connectivity index (χ3v) is 6.04. The molecule has 8 nitrogen and oxygen atoms in total. The number of alkyl halides is 3. The van der Waals surface area contributed by atoms with Crippen LogP contribution in [0.5, 0.6) is 11.8 Å². The summed E-state index contributed by atoms with van der Waals surface area (Å²) < 4.78 is 50.8. The summed E-state index contributed by atoms with van der Waals surface area (Å²) in [7, 11) is 0. The summed E-state index contributed by atoms with van der Waals surface area (Å²) in [4.78, 5) is 13.0. The number of hydrogen-bond donors (Lipinski definition) is 2. The van der Waals surface area contributed by atoms with Crippen molar-refractivity contribution in [1.29, 1.82) is 0 Å². The summed E-state index contributed by atoms with van der Waals surface area (Å²) in [5, 5.41) is 7.07. The second-order valence-electron chi connectivity index (χ2n) is 8.43. The maximum atomic E-state index is 13.0. The summed E-state index contributed by atoms with van der Waals surface area (Å²) in [6.45, 7) is 0.492. The van der Waals surface area contributed by atoms with Gasteiger partial charge in [-0.05, 0) is 24.5 Å². The monoisotopic (exact) mass is 484 g/mol. The van der Waals surface area contributed by atoms with E-state index < -0.39 is 11.7 Å². The number of nitrogens with two attached hydrogens (primary N) is 1. The molecule has 3 heterocycles. The summed E-state index contributed by atoms with van der Waals surface area (Å²) in [6.07, 6.45) is 0.255. The number of benzene rings is 1. The van der Waals surface area contributed by atoms with Crippen LogP contribution in [0.15, 0.2) is 48.7 Å². The molecule has 1 unspecified atom stereocenters. The molecule has 1 aliphatic rings. The largest absolute Gasteiger partial charge is 0.418 e. The van der Waals surface area contributed by atoms with Crippen LogP contribution >= 0.6 is 0 Å². The second-order valence-corrected chi connectivity index (χ2v) is 8.43. The molecular formula is C24H23F3N6O2. The van der Waals surface area contributed by atoms with Crippen molar-refractivity contribution >= 4 is 16.9 Å². The van der Waals surface area contributed by atoms with E-state index in [0.717, 1.165) is 49.6 Å². The first-order valence-electron chi connectivity index (χ1n) is 11.3. The van der Waals surface area contributed by atoms with Crippen LogP contribution in [0.2, 0.25) is 0 Å². The number of H-pyrrole nitrogens is 1. The van der Waals surface area contributed by atoms with Crippen LogP contribution < -0.4 is 10.5 Å². The quantitative estimate of drug-likeness (QED) is 0.378. The lowest BCUT2D eigenvalue weighted by molar-refractivity contribution is -0.137. The van der Waals surface area contributed by atoms with E-state index in [1.54, 1.807) is 0 Å². The predicted molar refractivity (Wildman–Crippen MR) is 122 cm³/mol. The number of nitrogen functional groups attached to an aromatic ring is 1. The average molecular weight is 484 g/mol. The number of aromatic amines is 1. The van der Waals surface area contributed by atoms with Gasteiger partial charge in [-0.2, -0.15) is 13.2 Å². The minimum Gasteiger partial charge on any atom is -0.418 e. The highest BCUT2D eigenvalue weighted by Crippen LogP contribution is 2.37. The van der Waals surface area contributed by atoms with Gasteiger partial charge >= 0.3 is 6.18 Å². The van der Waals surface area contributed by atoms with E-state index in [9.17, 15) is 13.2 Å². The van der Waals surface area contributed by atoms with Crippen LogP contribution in [0.4, 0.5) is 19.0 Å². The Morgan fingerprint density at radius 1 is 1.06 bits per heavy atom. The van der Waals surface area contributed by atoms with E-state index >= 15 is 0 Å². The molecule has 3 N–H and O–H groups in total. The first-order valence-corrected chi connectivity index (χ1v) is 11.3. The number of nitrogens with zero attached hydrogens (tertiary/aromatic N) is 4. The summed E-state index contributed by atoms with van der Waals surface area (Å²) in [5.41, 5.74) is 6.78. The minimum absolute atomic E-state index is 0.0445. The fourth-order valence-corrected chi connectivity index (χ4v) is 4.30. The highest BCUT2D eigenvalue weighted by Gasteiger charge is 2.32. The molecule has 1 saturated carbocycles. The molecule has 0 radical (unpaired) electrons. The summed E-state index contributed by atoms with van der Waals surface area (Å²) in [5.74, 6) is 0.306. The van der Waals surface area contributed by atoms with Crippen LogP contribution in [0, 0.1) is 0 Å². The van der Waals surface area contributed by atoms with Gasteiger partial charge < -0.3 is 15.2 Å². The van der Waals surface area contributed by atoms with Crippen molar-refractivity contribution in [2.45, 2.75) is 50.5 Å². The zero-order valence-corrected chi connectivity index (χ0v) is 18.6. The molecule has 4 aromatic rings. The Balaban J connectivity index is 1.38. The zero-order valence-electron chi connectivity index (χ0n) is 18.6. The topological polar surface area (TPSA) is 112 Å². The van der Waals surface area contributed by atoms with Gasteiger partial charge in [0, 0.05) is 18.2 Å². The highest BCUT2D eigenvalue weighted by molar-refractivity contribution is 5.90. The molecule has 5 rings (SSSR count). The van der Waals surface area contributed by atoms with Crippen molar-refractivity contribution in [3.63, 3.8) is 0 Å². The van der Waals surface area contributed by atoms with Crippen molar-refractivity contribution in [2.75, 3.05) is 5.73 Å². The van der Waals surface area contributed by atoms with Crippen LogP contribution in [0.1, 0.15) is 48.6 Å². The van der Waals surface area contributed by atoms with Gasteiger partial charge in [0.05, 0.1) is 18.3 Å². The Labute approximate surface area is 198 Å². The fraction of sp³-hybridized carbons (Fsp3) is 0.333. The average Bonchev–Trinajstić information content (AvgIpc) is 3.26. The van der Waals surface area contributed by atoms with Crippen molar-refractivity contribution in [3.8, 4) is 11.8 Å². The van der Waals surface area contributed by atoms with E-state index in [2.05, 4.69) is 25.1 Å². The lowest BCUT2D eigenvalue weighted by atomic mass is 9.85. The smallest absolute Gasteiger partial charge is 0.416 e. The van der Waals surface area contributed by atoms with Crippen molar-refractivity contribution in [1.82, 2.24) is 25.1 Å². The number of pyridine rings is 1. The lowest BCUT2D eigenvalue weighted by Crippen LogP contribution is -2.27. The number of rotatable bonds is 6. The maximum Gasteiger partial charge on any atom is 0.416 e. The van der Waals surface area contributed by atoms with Gasteiger partial charge in [-0.1, -0.05) is 43.2 Å². The lowest BCUT2D eigenvalue weighted by Gasteiger charge is -2.30. The van der Waals surface area contributed by atoms with E-state index in [-0.39, 0.29) is 35.0 Å². The number of nitrogens with one attached hydrogen (secondary N) is 1. The summed E-state index contributed by atoms with van der Waals surface area (Å²) >= 11 is 0. The van der Waals surface area contributed by atoms with Gasteiger partial charge in [-0.25, -0.2) is 15.0 Å². The van der Waals surface area contributed by atoms with Gasteiger partial charge in [-0.15, -0.1) is 5.10 Å². The van der Waals surface area contributed by atoms with Crippen LogP contribution in [-0.2, 0) is 17.5 Å². The number of aromatic nitrogens is 5. The van der Waals surface area contributed by atoms with Crippen LogP contribution in [0.3, 0.4) is 0 Å². The molecular weight excluding hydrogens is 461 g/mol. The Kier molecular flexibility index (Phi) is 6.25. The third-order valence-electron chi connectivity index (χ3n) is 6.04. The molecule has 2 atom stereocenters. The number of halogens is 3. The molecule has 3 aromatic heterocycles. The summed E-state index contributed by atoms with van der Waals surface area (Å²) in [6, 6.07) is 11.6. The highest BCUT2D eigenvalue weighted by atomic mass is 19.4. The van der Waals surface area contributed by atoms with Gasteiger partial charge in [0.15, 0.2) is 5.65 Å². The molecule has 35 heavy (non-hydrogen) atoms. The zero-order chi connectivity index (χ0) is 24.4. The van der Waals surface area contributed by atoms with Crippen molar-refractivity contribution in [2.24, 2.45) is 0 Å². The van der Waals surface area contributed by atoms with Crippen molar-refractivity contribution in [3.05, 3.63) is 65.6 Å². The maximum absolute atomic E-state index is 13.0. The molecule has 0 saturated heterocycles. The van der Waals surface area contributed by atoms with Gasteiger partial charge in [0.2, 0.25) is 5.88 Å². The second kappa shape index (κ2) is 9.49. The standard InChI is InChI=1S/C24H23F3N6O2/c25-24(26,27)15-10-11-29-18(12-15)35-23-19-20(28)30-21(31-22(19)32-33-23)16-8-4-5-9-17(16)34-13-14-6-2-1-3-7-14/h1-3,6-7,10-12,16-17H,4-5,8-9,13H2,(H3,28,30,31,32,33)/t16?,17-/m1/s1.